The molecular formula is C50H30. The third-order valence-corrected chi connectivity index (χ3v) is 9.46. The lowest BCUT2D eigenvalue weighted by molar-refractivity contribution is 1.57. The summed E-state index contributed by atoms with van der Waals surface area (Å²) < 4.78 is 163. The zero-order valence-electron chi connectivity index (χ0n) is 43.9. The molecule has 0 atom stereocenters. The van der Waals surface area contributed by atoms with Gasteiger partial charge in [0.25, 0.3) is 0 Å². The van der Waals surface area contributed by atoms with Crippen molar-refractivity contribution < 1.29 is 24.7 Å². The normalized spacial score (nSPS) is 17.0. The van der Waals surface area contributed by atoms with E-state index < -0.39 is 109 Å². The van der Waals surface area contributed by atoms with E-state index in [1.54, 1.807) is 36.4 Å². The molecule has 0 heterocycles. The highest BCUT2D eigenvalue weighted by Gasteiger charge is 2.18. The van der Waals surface area contributed by atoms with Crippen molar-refractivity contribution in [2.75, 3.05) is 0 Å². The summed E-state index contributed by atoms with van der Waals surface area (Å²) in [5.41, 5.74) is 2.72. The van der Waals surface area contributed by atoms with Crippen LogP contribution < -0.4 is 0 Å². The highest BCUT2D eigenvalue weighted by atomic mass is 14.2. The Labute approximate surface area is 315 Å². The summed E-state index contributed by atoms with van der Waals surface area (Å²) >= 11 is 0. The lowest BCUT2D eigenvalue weighted by Crippen LogP contribution is -1.92. The molecule has 0 aliphatic carbocycles. The Morgan fingerprint density at radius 3 is 1.30 bits per heavy atom. The Bertz CT molecular complexity index is 4060. The monoisotopic (exact) mass is 648 g/mol. The lowest BCUT2D eigenvalue weighted by atomic mass is 9.85. The van der Waals surface area contributed by atoms with Gasteiger partial charge in [0.2, 0.25) is 0 Å². The molecule has 0 nitrogen and oxygen atoms in total. The first-order valence-electron chi connectivity index (χ1n) is 25.0. The summed E-state index contributed by atoms with van der Waals surface area (Å²) in [6.07, 6.45) is 0. The quantitative estimate of drug-likeness (QED) is 0.167. The van der Waals surface area contributed by atoms with Crippen molar-refractivity contribution in [2.24, 2.45) is 0 Å². The summed E-state index contributed by atoms with van der Waals surface area (Å²) in [4.78, 5) is 0. The van der Waals surface area contributed by atoms with E-state index in [2.05, 4.69) is 0 Å². The molecule has 0 amide bonds. The van der Waals surface area contributed by atoms with Crippen LogP contribution in [0.2, 0.25) is 0 Å². The summed E-state index contributed by atoms with van der Waals surface area (Å²) in [5, 5.41) is -1.02. The SMILES string of the molecule is [2H]c1c([2H])c2c([2H])c([2H])c3c([2H])c([2H])c(-c4cc(-c5ccccc5)cc(-c5ccccc5-c5c([2H])c([2H])c6c([2H])c([2H])c7c([2H])c([2H])c([2H])c8c([2H])c([2H])c5c6c78)c4)c4c([2H])c([2H])c(c1[2H])c2c34. The molecular weight excluding hydrogens is 601 g/mol. The fourth-order valence-electron chi connectivity index (χ4n) is 7.22. The van der Waals surface area contributed by atoms with E-state index in [1.165, 1.54) is 0 Å². The summed E-state index contributed by atoms with van der Waals surface area (Å²) in [5.74, 6) is 0. The Morgan fingerprint density at radius 2 is 0.700 bits per heavy atom. The van der Waals surface area contributed by atoms with Crippen LogP contribution in [-0.2, 0) is 0 Å². The van der Waals surface area contributed by atoms with Crippen LogP contribution >= 0.6 is 0 Å². The Kier molecular flexibility index (Phi) is 3.23. The average Bonchev–Trinajstić information content (AvgIpc) is 3.33. The molecule has 11 aromatic rings. The first kappa shape index (κ1) is 15.4. The van der Waals surface area contributed by atoms with Crippen LogP contribution in [0.3, 0.4) is 0 Å². The topological polar surface area (TPSA) is 0 Å². The molecule has 0 aromatic heterocycles. The Morgan fingerprint density at radius 1 is 0.280 bits per heavy atom. The molecule has 0 unspecified atom stereocenters. The lowest BCUT2D eigenvalue weighted by Gasteiger charge is -2.18. The second kappa shape index (κ2) is 10.5. The van der Waals surface area contributed by atoms with Gasteiger partial charge in [-0.3, -0.25) is 0 Å². The zero-order valence-corrected chi connectivity index (χ0v) is 25.9. The molecule has 0 heteroatoms. The van der Waals surface area contributed by atoms with Gasteiger partial charge in [0.1, 0.15) is 0 Å². The smallest absolute Gasteiger partial charge is 0.0622 e. The maximum absolute atomic E-state index is 9.57. The van der Waals surface area contributed by atoms with Gasteiger partial charge in [0.15, 0.2) is 0 Å². The number of rotatable bonds is 4. The van der Waals surface area contributed by atoms with E-state index in [0.29, 0.717) is 27.8 Å². The molecule has 50 heavy (non-hydrogen) atoms. The van der Waals surface area contributed by atoms with Crippen LogP contribution in [0.25, 0.3) is 109 Å². The van der Waals surface area contributed by atoms with Gasteiger partial charge >= 0.3 is 0 Å². The molecule has 0 saturated heterocycles. The molecule has 0 aliphatic heterocycles. The van der Waals surface area contributed by atoms with Gasteiger partial charge in [0, 0.05) is 0 Å². The standard InChI is InChI=1S/C50H30/c1-2-8-31(9-3-1)38-28-39(30-40(29-38)42-24-20-36-18-16-32-10-6-12-34-22-26-45(42)49(36)47(32)34)41-14-4-5-15-43(41)44-25-21-37-19-17-33-11-7-13-35-23-27-46(44)50(37)48(33)35/h1-30H/i6D,7D,10D,11D,12D,13D,16D,17D,18D,19D,20D,21D,22D,23D,24D,25D,26D,27D. The predicted molar refractivity (Wildman–Crippen MR) is 216 cm³/mol. The van der Waals surface area contributed by atoms with Crippen molar-refractivity contribution in [1.82, 2.24) is 0 Å². The number of hydrogen-bond acceptors (Lipinski definition) is 0. The Hall–Kier alpha value is -6.50. The highest BCUT2D eigenvalue weighted by Crippen LogP contribution is 2.45. The van der Waals surface area contributed by atoms with Crippen LogP contribution in [0.1, 0.15) is 24.7 Å². The third-order valence-electron chi connectivity index (χ3n) is 9.46. The van der Waals surface area contributed by atoms with Crippen molar-refractivity contribution >= 4 is 64.6 Å². The van der Waals surface area contributed by atoms with Crippen molar-refractivity contribution in [3.63, 3.8) is 0 Å². The predicted octanol–water partition coefficient (Wildman–Crippen LogP) is 14.1. The van der Waals surface area contributed by atoms with E-state index in [4.69, 9.17) is 13.7 Å². The van der Waals surface area contributed by atoms with Gasteiger partial charge in [-0.15, -0.1) is 0 Å². The third kappa shape index (κ3) is 4.00. The molecule has 230 valence electrons. The van der Waals surface area contributed by atoms with Crippen LogP contribution in [0.4, 0.5) is 0 Å². The first-order valence-corrected chi connectivity index (χ1v) is 16.0. The molecule has 0 spiro atoms. The van der Waals surface area contributed by atoms with Crippen LogP contribution in [0.15, 0.2) is 182 Å². The van der Waals surface area contributed by atoms with E-state index in [-0.39, 0.29) is 81.3 Å². The summed E-state index contributed by atoms with van der Waals surface area (Å²) in [6.45, 7) is 0. The van der Waals surface area contributed by atoms with Crippen LogP contribution in [0.5, 0.6) is 0 Å². The summed E-state index contributed by atoms with van der Waals surface area (Å²) in [7, 11) is 0. The molecule has 0 N–H and O–H groups in total. The van der Waals surface area contributed by atoms with Gasteiger partial charge in [-0.05, 0) is 127 Å². The minimum absolute atomic E-state index is 0.00748. The highest BCUT2D eigenvalue weighted by molar-refractivity contribution is 6.27. The summed E-state index contributed by atoms with van der Waals surface area (Å²) in [6, 6.07) is 12.3. The molecule has 0 aliphatic rings. The molecule has 11 rings (SSSR count). The second-order valence-corrected chi connectivity index (χ2v) is 12.2. The molecule has 0 fully saturated rings. The van der Waals surface area contributed by atoms with E-state index in [9.17, 15) is 11.0 Å². The van der Waals surface area contributed by atoms with Gasteiger partial charge in [-0.2, -0.15) is 0 Å². The fraction of sp³-hybridized carbons (Fsp3) is 0. The number of hydrogen-bond donors (Lipinski definition) is 0. The molecule has 0 bridgehead atoms. The minimum atomic E-state index is -0.580. The van der Waals surface area contributed by atoms with Crippen molar-refractivity contribution in [3.8, 4) is 44.5 Å². The zero-order chi connectivity index (χ0) is 48.4. The van der Waals surface area contributed by atoms with Crippen molar-refractivity contribution in [3.05, 3.63) is 182 Å². The van der Waals surface area contributed by atoms with Crippen LogP contribution in [-0.4, -0.2) is 0 Å². The number of benzene rings is 11. The molecule has 0 radical (unpaired) electrons. The van der Waals surface area contributed by atoms with E-state index >= 15 is 0 Å². The minimum Gasteiger partial charge on any atom is -0.0622 e. The maximum atomic E-state index is 9.57. The fourth-order valence-corrected chi connectivity index (χ4v) is 7.22. The van der Waals surface area contributed by atoms with E-state index in [1.807, 2.05) is 36.4 Å². The van der Waals surface area contributed by atoms with Crippen molar-refractivity contribution in [2.45, 2.75) is 0 Å². The first-order chi connectivity index (χ1) is 32.3. The van der Waals surface area contributed by atoms with Crippen LogP contribution in [0, 0.1) is 0 Å². The molecule has 11 aromatic carbocycles. The largest absolute Gasteiger partial charge is 0.0630 e. The van der Waals surface area contributed by atoms with Gasteiger partial charge in [-0.25, -0.2) is 0 Å². The average molecular weight is 649 g/mol. The maximum Gasteiger partial charge on any atom is 0.0630 e. The van der Waals surface area contributed by atoms with Gasteiger partial charge < -0.3 is 0 Å². The van der Waals surface area contributed by atoms with E-state index in [0.717, 1.165) is 0 Å². The van der Waals surface area contributed by atoms with Gasteiger partial charge in [-0.1, -0.05) is 163 Å². The Balaban J connectivity index is 1.29. The second-order valence-electron chi connectivity index (χ2n) is 12.2. The van der Waals surface area contributed by atoms with Gasteiger partial charge in [0.05, 0.1) is 24.7 Å². The molecule has 0 saturated carbocycles. The van der Waals surface area contributed by atoms with Crippen molar-refractivity contribution in [1.29, 1.82) is 0 Å².